The van der Waals surface area contributed by atoms with E-state index in [1.54, 1.807) is 43.0 Å². The number of aromatic nitrogens is 3. The fourth-order valence-corrected chi connectivity index (χ4v) is 6.40. The van der Waals surface area contributed by atoms with Crippen molar-refractivity contribution in [2.45, 2.75) is 39.0 Å². The van der Waals surface area contributed by atoms with Crippen molar-refractivity contribution in [3.8, 4) is 22.9 Å². The van der Waals surface area contributed by atoms with Gasteiger partial charge in [0.1, 0.15) is 17.1 Å². The summed E-state index contributed by atoms with van der Waals surface area (Å²) in [5.41, 5.74) is 2.16. The molecule has 3 aromatic carbocycles. The van der Waals surface area contributed by atoms with Crippen molar-refractivity contribution >= 4 is 22.5 Å². The summed E-state index contributed by atoms with van der Waals surface area (Å²) in [7, 11) is 1.71. The van der Waals surface area contributed by atoms with Gasteiger partial charge in [-0.05, 0) is 92.8 Å². The van der Waals surface area contributed by atoms with Crippen LogP contribution < -0.4 is 20.3 Å². The maximum Gasteiger partial charge on any atom is 0.284 e. The van der Waals surface area contributed by atoms with Gasteiger partial charge in [-0.3, -0.25) is 19.3 Å². The summed E-state index contributed by atoms with van der Waals surface area (Å²) in [6, 6.07) is 20.5. The molecule has 2 aliphatic carbocycles. The second-order valence-corrected chi connectivity index (χ2v) is 12.0. The number of fused-ring (bicyclic) bond motifs is 1. The molecule has 0 saturated heterocycles. The van der Waals surface area contributed by atoms with Crippen LogP contribution in [0.25, 0.3) is 16.6 Å². The molecule has 2 saturated carbocycles. The van der Waals surface area contributed by atoms with Crippen LogP contribution >= 0.6 is 0 Å². The summed E-state index contributed by atoms with van der Waals surface area (Å²) < 4.78 is 30.4. The molecule has 0 bridgehead atoms. The van der Waals surface area contributed by atoms with E-state index < -0.39 is 17.3 Å². The molecule has 44 heavy (non-hydrogen) atoms. The Bertz CT molecular complexity index is 1940. The number of benzene rings is 3. The van der Waals surface area contributed by atoms with Crippen LogP contribution in [0.4, 0.5) is 10.1 Å². The van der Waals surface area contributed by atoms with Crippen molar-refractivity contribution < 1.29 is 18.7 Å². The van der Waals surface area contributed by atoms with Gasteiger partial charge in [0.05, 0.1) is 23.5 Å². The van der Waals surface area contributed by atoms with Gasteiger partial charge >= 0.3 is 0 Å². The molecule has 0 radical (unpaired) electrons. The van der Waals surface area contributed by atoms with Crippen molar-refractivity contribution in [3.63, 3.8) is 0 Å². The van der Waals surface area contributed by atoms with E-state index in [9.17, 15) is 9.59 Å². The first-order valence-electron chi connectivity index (χ1n) is 14.9. The summed E-state index contributed by atoms with van der Waals surface area (Å²) in [5, 5.41) is 3.38. The third-order valence-electron chi connectivity index (χ3n) is 9.11. The molecule has 1 amide bonds. The molecule has 2 fully saturated rings. The molecule has 1 atom stereocenters. The fourth-order valence-electron chi connectivity index (χ4n) is 6.40. The number of hydrogen-bond donors (Lipinski definition) is 1. The predicted molar refractivity (Wildman–Crippen MR) is 166 cm³/mol. The average molecular weight is 593 g/mol. The first-order chi connectivity index (χ1) is 21.3. The van der Waals surface area contributed by atoms with Gasteiger partial charge < -0.3 is 14.8 Å². The van der Waals surface area contributed by atoms with Gasteiger partial charge in [-0.1, -0.05) is 18.2 Å². The number of nitrogens with zero attached hydrogens (tertiary/aromatic N) is 3. The van der Waals surface area contributed by atoms with Crippen molar-refractivity contribution in [1.29, 1.82) is 0 Å². The molecule has 5 aromatic rings. The number of rotatable bonds is 8. The number of pyridine rings is 1. The number of hydrogen-bond acceptors (Lipinski definition) is 5. The molecule has 9 heteroatoms. The van der Waals surface area contributed by atoms with E-state index in [1.165, 1.54) is 55.0 Å². The Kier molecular flexibility index (Phi) is 6.95. The van der Waals surface area contributed by atoms with Crippen molar-refractivity contribution in [1.82, 2.24) is 14.3 Å². The highest BCUT2D eigenvalue weighted by atomic mass is 19.1. The number of carbonyl (C=O) groups is 1. The smallest absolute Gasteiger partial charge is 0.284 e. The minimum atomic E-state index is -0.663. The average Bonchev–Trinajstić information content (AvgIpc) is 3.59. The molecule has 2 heterocycles. The van der Waals surface area contributed by atoms with Gasteiger partial charge in [-0.25, -0.2) is 9.07 Å². The highest BCUT2D eigenvalue weighted by Crippen LogP contribution is 2.59. The molecule has 1 unspecified atom stereocenters. The lowest BCUT2D eigenvalue weighted by atomic mass is 10.0. The van der Waals surface area contributed by atoms with Crippen molar-refractivity contribution in [2.75, 3.05) is 11.9 Å². The van der Waals surface area contributed by atoms with Gasteiger partial charge in [0.2, 0.25) is 0 Å². The summed E-state index contributed by atoms with van der Waals surface area (Å²) in [4.78, 5) is 30.8. The Hall–Kier alpha value is -4.92. The number of nitrogens with one attached hydrogen (secondary N) is 1. The number of carbonyl (C=O) groups excluding carboxylic acids is 1. The van der Waals surface area contributed by atoms with Crippen molar-refractivity contribution in [2.24, 2.45) is 18.4 Å². The van der Waals surface area contributed by atoms with Gasteiger partial charge in [-0.2, -0.15) is 0 Å². The Morgan fingerprint density at radius 1 is 1.05 bits per heavy atom. The molecule has 2 aliphatic rings. The zero-order valence-corrected chi connectivity index (χ0v) is 24.7. The maximum atomic E-state index is 15.2. The normalized spacial score (nSPS) is 16.8. The minimum absolute atomic E-state index is 0.00612. The number of amides is 1. The number of ether oxygens (including phenoxy) is 2. The second-order valence-electron chi connectivity index (χ2n) is 12.0. The number of halogens is 1. The largest absolute Gasteiger partial charge is 0.493 e. The quantitative estimate of drug-likeness (QED) is 0.206. The first kappa shape index (κ1) is 27.9. The van der Waals surface area contributed by atoms with Gasteiger partial charge in [0.15, 0.2) is 11.6 Å². The van der Waals surface area contributed by atoms with Crippen LogP contribution in [-0.4, -0.2) is 26.9 Å². The van der Waals surface area contributed by atoms with E-state index in [0.29, 0.717) is 40.6 Å². The van der Waals surface area contributed by atoms with E-state index >= 15 is 4.39 Å². The summed E-state index contributed by atoms with van der Waals surface area (Å²) >= 11 is 0. The Labute approximate surface area is 254 Å². The van der Waals surface area contributed by atoms with E-state index in [0.717, 1.165) is 11.1 Å². The number of para-hydroxylation sites is 1. The molecule has 224 valence electrons. The highest BCUT2D eigenvalue weighted by molar-refractivity contribution is 6.05. The molecule has 2 aromatic heterocycles. The first-order valence-corrected chi connectivity index (χ1v) is 14.9. The Balaban J connectivity index is 1.05. The van der Waals surface area contributed by atoms with E-state index in [2.05, 4.69) is 10.3 Å². The van der Waals surface area contributed by atoms with Crippen LogP contribution in [0, 0.1) is 24.1 Å². The van der Waals surface area contributed by atoms with Crippen molar-refractivity contribution in [3.05, 3.63) is 106 Å². The number of anilines is 1. The van der Waals surface area contributed by atoms with Crippen LogP contribution in [0.2, 0.25) is 0 Å². The predicted octanol–water partition coefficient (Wildman–Crippen LogP) is 7.18. The third kappa shape index (κ3) is 5.23. The maximum absolute atomic E-state index is 15.2. The molecule has 1 N–H and O–H groups in total. The highest BCUT2D eigenvalue weighted by Gasteiger charge is 2.48. The molecule has 8 nitrogen and oxygen atoms in total. The molecule has 1 spiro atoms. The molecule has 7 rings (SSSR count). The lowest BCUT2D eigenvalue weighted by molar-refractivity contribution is 0.102. The Morgan fingerprint density at radius 3 is 2.61 bits per heavy atom. The lowest BCUT2D eigenvalue weighted by Crippen LogP contribution is -2.25. The van der Waals surface area contributed by atoms with Gasteiger partial charge in [0.25, 0.3) is 11.5 Å². The monoisotopic (exact) mass is 592 g/mol. The van der Waals surface area contributed by atoms with Crippen LogP contribution in [-0.2, 0) is 7.05 Å². The standard InChI is InChI=1S/C35H33FN4O4/c1-22-32(34(42)40(39(22)2)25-6-4-3-5-7-25)33(41)38-24-8-11-31(28(36)18-24)44-30-13-17-37-29-19-26(9-10-27(29)30)43-21-23-12-14-35(20-23)15-16-35/h3-11,13,17-19,23H,12,14-16,20-21H2,1-2H3,(H,38,41). The Morgan fingerprint density at radius 2 is 1.86 bits per heavy atom. The van der Waals surface area contributed by atoms with Crippen LogP contribution in [0.1, 0.15) is 48.2 Å². The summed E-state index contributed by atoms with van der Waals surface area (Å²) in [5.74, 6) is 0.525. The van der Waals surface area contributed by atoms with E-state index in [1.807, 2.05) is 36.4 Å². The summed E-state index contributed by atoms with van der Waals surface area (Å²) in [6.07, 6.45) is 8.19. The third-order valence-corrected chi connectivity index (χ3v) is 9.11. The molecular formula is C35H33FN4O4. The summed E-state index contributed by atoms with van der Waals surface area (Å²) in [6.45, 7) is 2.41. The van der Waals surface area contributed by atoms with Gasteiger partial charge in [0, 0.05) is 36.5 Å². The lowest BCUT2D eigenvalue weighted by Gasteiger charge is -2.14. The molecular weight excluding hydrogens is 559 g/mol. The van der Waals surface area contributed by atoms with Crippen LogP contribution in [0.3, 0.4) is 0 Å². The zero-order valence-electron chi connectivity index (χ0n) is 24.7. The topological polar surface area (TPSA) is 87.4 Å². The van der Waals surface area contributed by atoms with E-state index in [-0.39, 0.29) is 17.0 Å². The second kappa shape index (κ2) is 11.0. The van der Waals surface area contributed by atoms with Crippen LogP contribution in [0.5, 0.6) is 17.2 Å². The van der Waals surface area contributed by atoms with E-state index in [4.69, 9.17) is 9.47 Å². The van der Waals surface area contributed by atoms with Crippen LogP contribution in [0.15, 0.2) is 83.8 Å². The zero-order chi connectivity index (χ0) is 30.4. The molecule has 0 aliphatic heterocycles. The van der Waals surface area contributed by atoms with Gasteiger partial charge in [-0.15, -0.1) is 0 Å². The fraction of sp³-hybridized carbons (Fsp3) is 0.286. The minimum Gasteiger partial charge on any atom is -0.493 e. The SMILES string of the molecule is Cc1c(C(=O)Nc2ccc(Oc3ccnc4cc(OCC5CCC6(CC6)C5)ccc34)c(F)c2)c(=O)n(-c2ccccc2)n1C.